The van der Waals surface area contributed by atoms with Crippen molar-refractivity contribution in [2.24, 2.45) is 5.92 Å². The Hall–Kier alpha value is -1.95. The molecule has 20 heavy (non-hydrogen) atoms. The highest BCUT2D eigenvalue weighted by Crippen LogP contribution is 2.27. The van der Waals surface area contributed by atoms with Crippen LogP contribution in [-0.2, 0) is 4.79 Å². The Morgan fingerprint density at radius 1 is 1.35 bits per heavy atom. The van der Waals surface area contributed by atoms with E-state index >= 15 is 0 Å². The molecule has 0 spiro atoms. The molecule has 0 aliphatic heterocycles. The first-order chi connectivity index (χ1) is 9.35. The summed E-state index contributed by atoms with van der Waals surface area (Å²) in [6.45, 7) is 3.41. The highest BCUT2D eigenvalue weighted by molar-refractivity contribution is 6.31. The molecule has 1 aromatic carbocycles. The van der Waals surface area contributed by atoms with Gasteiger partial charge < -0.3 is 20.5 Å². The minimum atomic E-state index is -1.09. The number of benzene rings is 1. The molecular formula is C13H17ClN2O4. The quantitative estimate of drug-likeness (QED) is 0.780. The van der Waals surface area contributed by atoms with Gasteiger partial charge in [0, 0.05) is 5.02 Å². The Morgan fingerprint density at radius 2 is 2.00 bits per heavy atom. The number of halogens is 1. The third-order valence-electron chi connectivity index (χ3n) is 2.63. The number of amides is 2. The SMILES string of the molecule is COc1ccc(Cl)cc1NC(=O)N[C@H](C(=O)O)C(C)C. The smallest absolute Gasteiger partial charge is 0.326 e. The van der Waals surface area contributed by atoms with Gasteiger partial charge in [0.15, 0.2) is 0 Å². The summed E-state index contributed by atoms with van der Waals surface area (Å²) in [5.41, 5.74) is 0.366. The number of ether oxygens (including phenoxy) is 1. The van der Waals surface area contributed by atoms with Gasteiger partial charge in [-0.3, -0.25) is 0 Å². The first-order valence-electron chi connectivity index (χ1n) is 5.99. The highest BCUT2D eigenvalue weighted by Gasteiger charge is 2.23. The van der Waals surface area contributed by atoms with Gasteiger partial charge in [-0.25, -0.2) is 9.59 Å². The lowest BCUT2D eigenvalue weighted by atomic mass is 10.1. The molecule has 0 radical (unpaired) electrons. The second-order valence-electron chi connectivity index (χ2n) is 4.50. The van der Waals surface area contributed by atoms with E-state index in [9.17, 15) is 9.59 Å². The van der Waals surface area contributed by atoms with Crippen molar-refractivity contribution in [3.8, 4) is 5.75 Å². The van der Waals surface area contributed by atoms with E-state index in [-0.39, 0.29) is 5.92 Å². The van der Waals surface area contributed by atoms with Gasteiger partial charge in [-0.15, -0.1) is 0 Å². The van der Waals surface area contributed by atoms with E-state index in [0.717, 1.165) is 0 Å². The number of rotatable bonds is 5. The van der Waals surface area contributed by atoms with Gasteiger partial charge in [0.2, 0.25) is 0 Å². The average Bonchev–Trinajstić information content (AvgIpc) is 2.35. The van der Waals surface area contributed by atoms with Crippen molar-refractivity contribution >= 4 is 29.3 Å². The van der Waals surface area contributed by atoms with Gasteiger partial charge >= 0.3 is 12.0 Å². The molecule has 2 amide bonds. The number of carbonyl (C=O) groups is 2. The maximum atomic E-state index is 11.8. The zero-order valence-corrected chi connectivity index (χ0v) is 12.2. The van der Waals surface area contributed by atoms with Crippen molar-refractivity contribution < 1.29 is 19.4 Å². The molecule has 0 bridgehead atoms. The van der Waals surface area contributed by atoms with Crippen molar-refractivity contribution in [1.82, 2.24) is 5.32 Å². The fourth-order valence-electron chi connectivity index (χ4n) is 1.59. The summed E-state index contributed by atoms with van der Waals surface area (Å²) in [5, 5.41) is 14.4. The summed E-state index contributed by atoms with van der Waals surface area (Å²) >= 11 is 5.84. The van der Waals surface area contributed by atoms with Crippen molar-refractivity contribution in [3.63, 3.8) is 0 Å². The van der Waals surface area contributed by atoms with Gasteiger partial charge in [0.1, 0.15) is 11.8 Å². The monoisotopic (exact) mass is 300 g/mol. The number of nitrogens with one attached hydrogen (secondary N) is 2. The van der Waals surface area contributed by atoms with Gasteiger partial charge in [0.05, 0.1) is 12.8 Å². The van der Waals surface area contributed by atoms with Gasteiger partial charge in [-0.05, 0) is 24.1 Å². The molecule has 0 heterocycles. The molecule has 0 aliphatic carbocycles. The summed E-state index contributed by atoms with van der Waals surface area (Å²) in [6, 6.07) is 3.14. The van der Waals surface area contributed by atoms with Crippen molar-refractivity contribution in [3.05, 3.63) is 23.2 Å². The second-order valence-corrected chi connectivity index (χ2v) is 4.94. The molecule has 0 fully saturated rings. The summed E-state index contributed by atoms with van der Waals surface area (Å²) < 4.78 is 5.08. The van der Waals surface area contributed by atoms with Crippen LogP contribution in [0, 0.1) is 5.92 Å². The summed E-state index contributed by atoms with van der Waals surface area (Å²) in [6.07, 6.45) is 0. The van der Waals surface area contributed by atoms with Gasteiger partial charge in [-0.2, -0.15) is 0 Å². The molecule has 0 saturated heterocycles. The van der Waals surface area contributed by atoms with Crippen LogP contribution in [0.5, 0.6) is 5.75 Å². The van der Waals surface area contributed by atoms with Crippen LogP contribution < -0.4 is 15.4 Å². The highest BCUT2D eigenvalue weighted by atomic mass is 35.5. The maximum absolute atomic E-state index is 11.8. The number of methoxy groups -OCH3 is 1. The van der Waals surface area contributed by atoms with Crippen LogP contribution in [0.2, 0.25) is 5.02 Å². The lowest BCUT2D eigenvalue weighted by molar-refractivity contribution is -0.140. The van der Waals surface area contributed by atoms with E-state index < -0.39 is 18.0 Å². The van der Waals surface area contributed by atoms with Crippen LogP contribution in [0.3, 0.4) is 0 Å². The van der Waals surface area contributed by atoms with Crippen molar-refractivity contribution in [2.75, 3.05) is 12.4 Å². The number of aliphatic carboxylic acids is 1. The molecule has 0 unspecified atom stereocenters. The van der Waals surface area contributed by atoms with Crippen LogP contribution in [0.4, 0.5) is 10.5 Å². The maximum Gasteiger partial charge on any atom is 0.326 e. The molecular weight excluding hydrogens is 284 g/mol. The van der Waals surface area contributed by atoms with Crippen molar-refractivity contribution in [1.29, 1.82) is 0 Å². The van der Waals surface area contributed by atoms with Gasteiger partial charge in [0.25, 0.3) is 0 Å². The fraction of sp³-hybridized carbons (Fsp3) is 0.385. The number of carboxylic acids is 1. The molecule has 3 N–H and O–H groups in total. The molecule has 1 rings (SSSR count). The van der Waals surface area contributed by atoms with Crippen LogP contribution in [-0.4, -0.2) is 30.3 Å². The standard InChI is InChI=1S/C13H17ClN2O4/c1-7(2)11(12(17)18)16-13(19)15-9-6-8(14)4-5-10(9)20-3/h4-7,11H,1-3H3,(H,17,18)(H2,15,16,19)/t11-/m0/s1. The molecule has 0 saturated carbocycles. The van der Waals surface area contributed by atoms with Crippen molar-refractivity contribution in [2.45, 2.75) is 19.9 Å². The number of urea groups is 1. The molecule has 1 atom stereocenters. The Balaban J connectivity index is 2.80. The lowest BCUT2D eigenvalue weighted by Gasteiger charge is -2.19. The molecule has 110 valence electrons. The summed E-state index contributed by atoms with van der Waals surface area (Å²) in [7, 11) is 1.46. The first kappa shape index (κ1) is 16.1. The first-order valence-corrected chi connectivity index (χ1v) is 6.36. The van der Waals surface area contributed by atoms with Crippen LogP contribution in [0.1, 0.15) is 13.8 Å². The number of hydrogen-bond acceptors (Lipinski definition) is 3. The minimum absolute atomic E-state index is 0.237. The van der Waals surface area contributed by atoms with E-state index in [1.165, 1.54) is 13.2 Å². The fourth-order valence-corrected chi connectivity index (χ4v) is 1.76. The molecule has 0 aliphatic rings. The largest absolute Gasteiger partial charge is 0.495 e. The topological polar surface area (TPSA) is 87.7 Å². The summed E-state index contributed by atoms with van der Waals surface area (Å²) in [4.78, 5) is 22.8. The molecule has 0 aromatic heterocycles. The van der Waals surface area contributed by atoms with E-state index in [4.69, 9.17) is 21.4 Å². The number of hydrogen-bond donors (Lipinski definition) is 3. The molecule has 1 aromatic rings. The third kappa shape index (κ3) is 4.31. The normalized spacial score (nSPS) is 11.8. The Bertz CT molecular complexity index is 505. The zero-order chi connectivity index (χ0) is 15.3. The Kier molecular flexibility index (Phi) is 5.64. The van der Waals surface area contributed by atoms with Gasteiger partial charge in [-0.1, -0.05) is 25.4 Å². The molecule has 7 heteroatoms. The number of anilines is 1. The Morgan fingerprint density at radius 3 is 2.50 bits per heavy atom. The summed E-state index contributed by atoms with van der Waals surface area (Å²) in [5.74, 6) is -0.895. The predicted octanol–water partition coefficient (Wildman–Crippen LogP) is 2.58. The number of carbonyl (C=O) groups excluding carboxylic acids is 1. The van der Waals surface area contributed by atoms with Crippen LogP contribution >= 0.6 is 11.6 Å². The average molecular weight is 301 g/mol. The van der Waals surface area contributed by atoms with E-state index in [2.05, 4.69) is 10.6 Å². The Labute approximate surface area is 122 Å². The number of carboxylic acid groups (broad SMARTS) is 1. The van der Waals surface area contributed by atoms with Crippen LogP contribution in [0.15, 0.2) is 18.2 Å². The minimum Gasteiger partial charge on any atom is -0.495 e. The van der Waals surface area contributed by atoms with E-state index in [0.29, 0.717) is 16.5 Å². The van der Waals surface area contributed by atoms with E-state index in [1.54, 1.807) is 26.0 Å². The van der Waals surface area contributed by atoms with E-state index in [1.807, 2.05) is 0 Å². The van der Waals surface area contributed by atoms with Crippen LogP contribution in [0.25, 0.3) is 0 Å². The zero-order valence-electron chi connectivity index (χ0n) is 11.4. The lowest BCUT2D eigenvalue weighted by Crippen LogP contribution is -2.46. The predicted molar refractivity (Wildman–Crippen MR) is 76.4 cm³/mol. The second kappa shape index (κ2) is 7.00. The molecule has 6 nitrogen and oxygen atoms in total. The third-order valence-corrected chi connectivity index (χ3v) is 2.86.